The fourth-order valence-corrected chi connectivity index (χ4v) is 7.31. The molecule has 1 saturated heterocycles. The van der Waals surface area contributed by atoms with Crippen LogP contribution in [0.4, 0.5) is 5.69 Å². The van der Waals surface area contributed by atoms with Crippen LogP contribution >= 0.6 is 11.3 Å². The zero-order valence-electron chi connectivity index (χ0n) is 29.1. The summed E-state index contributed by atoms with van der Waals surface area (Å²) in [7, 11) is 5.07. The molecule has 2 N–H and O–H groups in total. The van der Waals surface area contributed by atoms with Crippen LogP contribution in [-0.4, -0.2) is 82.1 Å². The average Bonchev–Trinajstić information content (AvgIpc) is 3.73. The Kier molecular flexibility index (Phi) is 11.5. The predicted molar refractivity (Wildman–Crippen MR) is 197 cm³/mol. The van der Waals surface area contributed by atoms with Gasteiger partial charge in [-0.2, -0.15) is 0 Å². The number of hydrogen-bond donors (Lipinski definition) is 1. The van der Waals surface area contributed by atoms with E-state index in [-0.39, 0.29) is 31.8 Å². The molecule has 1 aliphatic heterocycles. The molecular weight excluding hydrogens is 671 g/mol. The largest absolute Gasteiger partial charge is 0.493 e. The molecule has 0 spiro atoms. The normalized spacial score (nSPS) is 14.3. The number of nitrogens with two attached hydrogens (primary N) is 1. The van der Waals surface area contributed by atoms with Gasteiger partial charge in [0.15, 0.2) is 17.3 Å². The number of esters is 2. The molecule has 5 aromatic rings. The van der Waals surface area contributed by atoms with Crippen LogP contribution in [0.25, 0.3) is 21.0 Å². The van der Waals surface area contributed by atoms with Gasteiger partial charge in [-0.1, -0.05) is 30.3 Å². The summed E-state index contributed by atoms with van der Waals surface area (Å²) in [6.07, 6.45) is 0.224. The molecule has 0 bridgehead atoms. The van der Waals surface area contributed by atoms with Crippen molar-refractivity contribution in [1.29, 1.82) is 0 Å². The Balaban J connectivity index is 1.08. The van der Waals surface area contributed by atoms with Gasteiger partial charge in [0.05, 0.1) is 44.6 Å². The van der Waals surface area contributed by atoms with E-state index in [9.17, 15) is 14.4 Å². The van der Waals surface area contributed by atoms with E-state index in [0.717, 1.165) is 51.0 Å². The van der Waals surface area contributed by atoms with Crippen LogP contribution < -0.4 is 20.1 Å². The van der Waals surface area contributed by atoms with Crippen LogP contribution in [0.2, 0.25) is 0 Å². The molecule has 12 heteroatoms. The topological polar surface area (TPSA) is 132 Å². The first-order valence-electron chi connectivity index (χ1n) is 17.0. The van der Waals surface area contributed by atoms with Crippen molar-refractivity contribution >= 4 is 55.7 Å². The van der Waals surface area contributed by atoms with Gasteiger partial charge < -0.3 is 38.9 Å². The monoisotopic (exact) mass is 713 g/mol. The first-order chi connectivity index (χ1) is 24.7. The van der Waals surface area contributed by atoms with Gasteiger partial charge in [-0.3, -0.25) is 14.4 Å². The lowest BCUT2D eigenvalue weighted by atomic mass is 10.00. The number of aromatic nitrogens is 1. The number of carbonyl (C=O) groups excluding carboxylic acids is 3. The summed E-state index contributed by atoms with van der Waals surface area (Å²) >= 11 is 1.34. The summed E-state index contributed by atoms with van der Waals surface area (Å²) in [4.78, 5) is 41.9. The molecule has 3 aromatic carbocycles. The van der Waals surface area contributed by atoms with Crippen LogP contribution in [-0.2, 0) is 37.3 Å². The summed E-state index contributed by atoms with van der Waals surface area (Å²) in [5.74, 6) is -0.488. The molecule has 51 heavy (non-hydrogen) atoms. The molecule has 11 nitrogen and oxygen atoms in total. The Labute approximate surface area is 300 Å². The van der Waals surface area contributed by atoms with Gasteiger partial charge in [-0.15, -0.1) is 11.3 Å². The van der Waals surface area contributed by atoms with Crippen molar-refractivity contribution < 1.29 is 38.1 Å². The smallest absolute Gasteiger partial charge is 0.323 e. The van der Waals surface area contributed by atoms with E-state index in [0.29, 0.717) is 36.0 Å². The van der Waals surface area contributed by atoms with Crippen molar-refractivity contribution in [2.24, 2.45) is 12.8 Å². The first-order valence-corrected chi connectivity index (χ1v) is 17.8. The van der Waals surface area contributed by atoms with Gasteiger partial charge in [0.1, 0.15) is 19.3 Å². The second-order valence-electron chi connectivity index (χ2n) is 12.5. The first kappa shape index (κ1) is 35.9. The van der Waals surface area contributed by atoms with Crippen molar-refractivity contribution in [3.05, 3.63) is 88.9 Å². The number of anilines is 1. The SMILES string of the molecule is COc1cc2cc(C(=O)CCC(=O)OCC(COC(=O)[C@@H](N)Cc3cc4ccccc4n3C)c3ccc(N4CCOCC4)cc3)sc2cc1OC. The minimum absolute atomic E-state index is 0.00313. The van der Waals surface area contributed by atoms with E-state index in [1.54, 1.807) is 20.3 Å². The summed E-state index contributed by atoms with van der Waals surface area (Å²) in [6, 6.07) is 22.5. The Morgan fingerprint density at radius 1 is 0.863 bits per heavy atom. The third-order valence-corrected chi connectivity index (χ3v) is 10.4. The van der Waals surface area contributed by atoms with Crippen molar-refractivity contribution in [2.45, 2.75) is 31.2 Å². The Bertz CT molecular complexity index is 1960. The van der Waals surface area contributed by atoms with Gasteiger partial charge in [0.2, 0.25) is 0 Å². The highest BCUT2D eigenvalue weighted by molar-refractivity contribution is 7.20. The number of ketones is 1. The zero-order valence-corrected chi connectivity index (χ0v) is 29.9. The third-order valence-electron chi connectivity index (χ3n) is 9.25. The fraction of sp³-hybridized carbons (Fsp3) is 0.359. The van der Waals surface area contributed by atoms with Crippen molar-refractivity contribution in [2.75, 3.05) is 58.6 Å². The number of nitrogens with zero attached hydrogens (tertiary/aromatic N) is 2. The Morgan fingerprint density at radius 3 is 2.29 bits per heavy atom. The molecule has 0 radical (unpaired) electrons. The van der Waals surface area contributed by atoms with E-state index in [4.69, 9.17) is 29.4 Å². The van der Waals surface area contributed by atoms with Crippen LogP contribution in [0.5, 0.6) is 11.5 Å². The van der Waals surface area contributed by atoms with Gasteiger partial charge >= 0.3 is 11.9 Å². The molecule has 0 saturated carbocycles. The molecule has 3 heterocycles. The number of morpholine rings is 1. The number of hydrogen-bond acceptors (Lipinski definition) is 11. The van der Waals surface area contributed by atoms with Crippen molar-refractivity contribution in [1.82, 2.24) is 4.57 Å². The highest BCUT2D eigenvalue weighted by Gasteiger charge is 2.23. The number of thiophene rings is 1. The maximum Gasteiger partial charge on any atom is 0.323 e. The lowest BCUT2D eigenvalue weighted by Gasteiger charge is -2.29. The second kappa shape index (κ2) is 16.4. The summed E-state index contributed by atoms with van der Waals surface area (Å²) < 4.78 is 30.6. The van der Waals surface area contributed by atoms with E-state index in [1.807, 2.05) is 78.3 Å². The number of benzene rings is 3. The number of aryl methyl sites for hydroxylation is 1. The minimum atomic E-state index is -0.873. The molecule has 1 fully saturated rings. The minimum Gasteiger partial charge on any atom is -0.493 e. The zero-order chi connectivity index (χ0) is 35.9. The Morgan fingerprint density at radius 2 is 1.57 bits per heavy atom. The number of para-hydroxylation sites is 1. The second-order valence-corrected chi connectivity index (χ2v) is 13.6. The molecule has 2 atom stereocenters. The molecule has 0 aliphatic carbocycles. The molecule has 0 amide bonds. The van der Waals surface area contributed by atoms with E-state index < -0.39 is 23.9 Å². The lowest BCUT2D eigenvalue weighted by molar-refractivity contribution is -0.148. The van der Waals surface area contributed by atoms with Crippen molar-refractivity contribution in [3.63, 3.8) is 0 Å². The number of ether oxygens (including phenoxy) is 5. The van der Waals surface area contributed by atoms with Crippen LogP contribution in [0.1, 0.15) is 39.7 Å². The van der Waals surface area contributed by atoms with Gasteiger partial charge in [-0.25, -0.2) is 0 Å². The maximum absolute atomic E-state index is 13.1. The molecule has 6 rings (SSSR count). The van der Waals surface area contributed by atoms with E-state index in [1.165, 1.54) is 11.3 Å². The third kappa shape index (κ3) is 8.53. The number of carbonyl (C=O) groups is 3. The number of Topliss-reactive ketones (excluding diaryl/α,β-unsaturated/α-hetero) is 1. The Hall–Kier alpha value is -4.91. The number of fused-ring (bicyclic) bond motifs is 2. The maximum atomic E-state index is 13.1. The summed E-state index contributed by atoms with van der Waals surface area (Å²) in [5.41, 5.74) is 10.2. The van der Waals surface area contributed by atoms with Gasteiger partial charge in [-0.05, 0) is 52.7 Å². The standard InChI is InChI=1S/C39H43N3O8S/c1-41-30(18-26-6-4-5-7-32(26)41)21-31(40)39(45)50-24-28(25-8-10-29(11-9-25)42-14-16-48-17-15-42)23-49-38(44)13-12-33(43)37-20-27-19-34(46-2)35(47-3)22-36(27)51-37/h4-11,18-20,22,28,31H,12-17,21,23-24,40H2,1-3H3/t28?,31-/m0/s1. The highest BCUT2D eigenvalue weighted by Crippen LogP contribution is 2.37. The summed E-state index contributed by atoms with van der Waals surface area (Å²) in [6.45, 7) is 2.89. The predicted octanol–water partition coefficient (Wildman–Crippen LogP) is 5.65. The van der Waals surface area contributed by atoms with Crippen molar-refractivity contribution in [3.8, 4) is 11.5 Å². The molecule has 1 aliphatic rings. The fourth-order valence-electron chi connectivity index (χ4n) is 6.27. The quantitative estimate of drug-likeness (QED) is 0.107. The summed E-state index contributed by atoms with van der Waals surface area (Å²) in [5, 5.41) is 1.93. The van der Waals surface area contributed by atoms with Crippen LogP contribution in [0.3, 0.4) is 0 Å². The van der Waals surface area contributed by atoms with Gasteiger partial charge in [0.25, 0.3) is 0 Å². The molecule has 2 aromatic heterocycles. The highest BCUT2D eigenvalue weighted by atomic mass is 32.1. The van der Waals surface area contributed by atoms with Gasteiger partial charge in [0, 0.05) is 60.6 Å². The number of methoxy groups -OCH3 is 2. The molecule has 268 valence electrons. The van der Waals surface area contributed by atoms with Crippen LogP contribution in [0.15, 0.2) is 72.8 Å². The molecule has 1 unspecified atom stereocenters. The molecular formula is C39H43N3O8S. The van der Waals surface area contributed by atoms with E-state index in [2.05, 4.69) is 4.90 Å². The average molecular weight is 714 g/mol. The van der Waals surface area contributed by atoms with E-state index >= 15 is 0 Å². The number of rotatable bonds is 15. The van der Waals surface area contributed by atoms with Crippen LogP contribution in [0, 0.1) is 0 Å². The lowest BCUT2D eigenvalue weighted by Crippen LogP contribution is -2.36.